The number of anilines is 1. The summed E-state index contributed by atoms with van der Waals surface area (Å²) in [4.78, 5) is 26.9. The van der Waals surface area contributed by atoms with Crippen LogP contribution in [0.3, 0.4) is 0 Å². The quantitative estimate of drug-likeness (QED) is 0.638. The van der Waals surface area contributed by atoms with Crippen LogP contribution in [0.1, 0.15) is 18.4 Å². The Bertz CT molecular complexity index is 919. The number of hydrogen-bond acceptors (Lipinski definition) is 4. The molecule has 31 heavy (non-hydrogen) atoms. The summed E-state index contributed by atoms with van der Waals surface area (Å²) in [5.74, 6) is 0.813. The fourth-order valence-electron chi connectivity index (χ4n) is 4.01. The van der Waals surface area contributed by atoms with Crippen molar-refractivity contribution in [1.29, 1.82) is 0 Å². The first-order valence-electron chi connectivity index (χ1n) is 10.6. The van der Waals surface area contributed by atoms with Crippen molar-refractivity contribution in [3.05, 3.63) is 65.2 Å². The molecular weight excluding hydrogens is 432 g/mol. The second-order valence-corrected chi connectivity index (χ2v) is 9.80. The minimum Gasteiger partial charge on any atom is -0.354 e. The normalized spacial score (nSPS) is 19.9. The van der Waals surface area contributed by atoms with Crippen LogP contribution in [-0.4, -0.2) is 53.1 Å². The van der Waals surface area contributed by atoms with E-state index in [0.717, 1.165) is 25.0 Å². The number of carbonyl (C=O) groups is 2. The highest BCUT2D eigenvalue weighted by atomic mass is 35.5. The Hall–Kier alpha value is -2.22. The van der Waals surface area contributed by atoms with E-state index in [1.807, 2.05) is 35.2 Å². The summed E-state index contributed by atoms with van der Waals surface area (Å²) in [6, 6.07) is 17.0. The number of thioether (sulfide) groups is 1. The van der Waals surface area contributed by atoms with E-state index in [-0.39, 0.29) is 22.9 Å². The third kappa shape index (κ3) is 5.73. The zero-order valence-electron chi connectivity index (χ0n) is 17.3. The minimum absolute atomic E-state index is 0.0569. The smallest absolute Gasteiger partial charge is 0.321 e. The second kappa shape index (κ2) is 9.94. The first-order chi connectivity index (χ1) is 15.0. The molecule has 8 heteroatoms. The molecule has 1 atom stereocenters. The van der Waals surface area contributed by atoms with Gasteiger partial charge in [0.25, 0.3) is 0 Å². The van der Waals surface area contributed by atoms with Crippen LogP contribution in [0.4, 0.5) is 10.5 Å². The highest BCUT2D eigenvalue weighted by Gasteiger charge is 2.44. The van der Waals surface area contributed by atoms with Crippen molar-refractivity contribution >= 4 is 41.0 Å². The summed E-state index contributed by atoms with van der Waals surface area (Å²) < 4.78 is 0. The zero-order valence-corrected chi connectivity index (χ0v) is 18.8. The van der Waals surface area contributed by atoms with Gasteiger partial charge in [0, 0.05) is 36.1 Å². The molecule has 2 fully saturated rings. The van der Waals surface area contributed by atoms with Crippen molar-refractivity contribution in [3.8, 4) is 0 Å². The predicted octanol–water partition coefficient (Wildman–Crippen LogP) is 3.73. The maximum Gasteiger partial charge on any atom is 0.321 e. The van der Waals surface area contributed by atoms with Gasteiger partial charge in [-0.25, -0.2) is 4.79 Å². The number of nitrogens with one attached hydrogen (secondary N) is 3. The number of carbonyl (C=O) groups excluding carboxylic acids is 2. The lowest BCUT2D eigenvalue weighted by molar-refractivity contribution is -0.122. The molecule has 0 saturated carbocycles. The first kappa shape index (κ1) is 22.0. The van der Waals surface area contributed by atoms with E-state index in [0.29, 0.717) is 30.3 Å². The van der Waals surface area contributed by atoms with Gasteiger partial charge >= 0.3 is 6.03 Å². The zero-order chi connectivity index (χ0) is 21.7. The van der Waals surface area contributed by atoms with Gasteiger partial charge < -0.3 is 15.5 Å². The molecule has 164 valence electrons. The monoisotopic (exact) mass is 458 g/mol. The van der Waals surface area contributed by atoms with E-state index < -0.39 is 0 Å². The molecule has 1 unspecified atom stereocenters. The summed E-state index contributed by atoms with van der Waals surface area (Å²) in [5.41, 5.74) is 1.91. The molecule has 2 aliphatic rings. The number of urea groups is 1. The number of halogens is 1. The van der Waals surface area contributed by atoms with Gasteiger partial charge in [0.15, 0.2) is 0 Å². The summed E-state index contributed by atoms with van der Waals surface area (Å²) in [6.07, 6.45) is 2.46. The Labute approximate surface area is 192 Å². The van der Waals surface area contributed by atoms with Crippen LogP contribution >= 0.6 is 23.4 Å². The highest BCUT2D eigenvalue weighted by Crippen LogP contribution is 2.39. The minimum atomic E-state index is -0.187. The van der Waals surface area contributed by atoms with Crippen LogP contribution in [0.5, 0.6) is 0 Å². The average Bonchev–Trinajstić information content (AvgIpc) is 3.18. The van der Waals surface area contributed by atoms with Crippen molar-refractivity contribution < 1.29 is 9.59 Å². The van der Waals surface area contributed by atoms with E-state index in [4.69, 9.17) is 11.6 Å². The maximum absolute atomic E-state index is 12.6. The van der Waals surface area contributed by atoms with Gasteiger partial charge in [-0.3, -0.25) is 10.1 Å². The molecule has 0 bridgehead atoms. The van der Waals surface area contributed by atoms with Crippen LogP contribution in [-0.2, 0) is 11.2 Å². The summed E-state index contributed by atoms with van der Waals surface area (Å²) in [5, 5.41) is 10.1. The maximum atomic E-state index is 12.6. The fourth-order valence-corrected chi connectivity index (χ4v) is 5.62. The Morgan fingerprint density at radius 3 is 2.65 bits per heavy atom. The Morgan fingerprint density at radius 1 is 1.13 bits per heavy atom. The lowest BCUT2D eigenvalue weighted by atomic mass is 10.0. The standard InChI is InChI=1S/C23H27ClN4O2S/c24-18-7-4-8-19(15-18)26-22(30)28-13-10-23(11-14-28)27-20(16-31-23)21(29)25-12-9-17-5-2-1-3-6-17/h1-8,15,20,27H,9-14,16H2,(H,25,29)(H,26,30). The molecule has 2 saturated heterocycles. The SMILES string of the molecule is O=C(NCCc1ccccc1)C1CSC2(CCN(C(=O)Nc3cccc(Cl)c3)CC2)N1. The molecule has 2 aromatic carbocycles. The van der Waals surface area contributed by atoms with Crippen molar-refractivity contribution in [2.75, 3.05) is 30.7 Å². The van der Waals surface area contributed by atoms with Crippen molar-refractivity contribution in [2.24, 2.45) is 0 Å². The molecule has 0 radical (unpaired) electrons. The summed E-state index contributed by atoms with van der Waals surface area (Å²) >= 11 is 7.79. The Balaban J connectivity index is 1.22. The highest BCUT2D eigenvalue weighted by molar-refractivity contribution is 8.01. The molecule has 0 aliphatic carbocycles. The number of piperidine rings is 1. The van der Waals surface area contributed by atoms with Gasteiger partial charge in [0.05, 0.1) is 10.9 Å². The molecule has 2 aromatic rings. The van der Waals surface area contributed by atoms with Crippen molar-refractivity contribution in [2.45, 2.75) is 30.2 Å². The van der Waals surface area contributed by atoms with Gasteiger partial charge in [0.1, 0.15) is 0 Å². The lowest BCUT2D eigenvalue weighted by Crippen LogP contribution is -2.55. The van der Waals surface area contributed by atoms with E-state index in [2.05, 4.69) is 28.1 Å². The van der Waals surface area contributed by atoms with Gasteiger partial charge in [-0.2, -0.15) is 0 Å². The van der Waals surface area contributed by atoms with E-state index in [1.54, 1.807) is 23.9 Å². The Morgan fingerprint density at radius 2 is 1.90 bits per heavy atom. The molecule has 2 heterocycles. The number of rotatable bonds is 5. The number of hydrogen-bond donors (Lipinski definition) is 3. The van der Waals surface area contributed by atoms with Crippen molar-refractivity contribution in [3.63, 3.8) is 0 Å². The summed E-state index contributed by atoms with van der Waals surface area (Å²) in [6.45, 7) is 1.93. The topological polar surface area (TPSA) is 73.5 Å². The number of nitrogens with zero attached hydrogens (tertiary/aromatic N) is 1. The van der Waals surface area contributed by atoms with Crippen molar-refractivity contribution in [1.82, 2.24) is 15.5 Å². The number of likely N-dealkylation sites (tertiary alicyclic amines) is 1. The van der Waals surface area contributed by atoms with Crippen LogP contribution in [0.2, 0.25) is 5.02 Å². The third-order valence-electron chi connectivity index (χ3n) is 5.77. The third-order valence-corrected chi connectivity index (χ3v) is 7.58. The second-order valence-electron chi connectivity index (χ2n) is 7.96. The molecule has 1 spiro atoms. The Kier molecular flexibility index (Phi) is 7.05. The van der Waals surface area contributed by atoms with Gasteiger partial charge in [0.2, 0.25) is 5.91 Å². The molecule has 3 amide bonds. The van der Waals surface area contributed by atoms with E-state index >= 15 is 0 Å². The molecule has 4 rings (SSSR count). The van der Waals surface area contributed by atoms with Gasteiger partial charge in [-0.05, 0) is 43.0 Å². The van der Waals surface area contributed by atoms with Crippen LogP contribution in [0.15, 0.2) is 54.6 Å². The number of benzene rings is 2. The molecular formula is C23H27ClN4O2S. The van der Waals surface area contributed by atoms with Gasteiger partial charge in [-0.1, -0.05) is 48.0 Å². The average molecular weight is 459 g/mol. The van der Waals surface area contributed by atoms with Crippen LogP contribution in [0, 0.1) is 0 Å². The molecule has 6 nitrogen and oxygen atoms in total. The molecule has 2 aliphatic heterocycles. The molecule has 0 aromatic heterocycles. The van der Waals surface area contributed by atoms with Crippen LogP contribution < -0.4 is 16.0 Å². The fraction of sp³-hybridized carbons (Fsp3) is 0.391. The molecule has 3 N–H and O–H groups in total. The van der Waals surface area contributed by atoms with Crippen LogP contribution in [0.25, 0.3) is 0 Å². The largest absolute Gasteiger partial charge is 0.354 e. The lowest BCUT2D eigenvalue weighted by Gasteiger charge is -2.39. The summed E-state index contributed by atoms with van der Waals surface area (Å²) in [7, 11) is 0. The van der Waals surface area contributed by atoms with E-state index in [9.17, 15) is 9.59 Å². The predicted molar refractivity (Wildman–Crippen MR) is 127 cm³/mol. The van der Waals surface area contributed by atoms with Gasteiger partial charge in [-0.15, -0.1) is 11.8 Å². The first-order valence-corrected chi connectivity index (χ1v) is 11.9. The number of amides is 3. The van der Waals surface area contributed by atoms with E-state index in [1.165, 1.54) is 5.56 Å².